The summed E-state index contributed by atoms with van der Waals surface area (Å²) in [5.74, 6) is -0.144. The molecule has 3 rings (SSSR count). The first-order valence-electron chi connectivity index (χ1n) is 6.13. The van der Waals surface area contributed by atoms with E-state index in [1.165, 1.54) is 11.8 Å². The number of aromatic nitrogens is 2. The van der Waals surface area contributed by atoms with E-state index in [1.54, 1.807) is 18.3 Å². The van der Waals surface area contributed by atoms with Crippen LogP contribution in [0.2, 0.25) is 10.0 Å². The fourth-order valence-corrected chi connectivity index (χ4v) is 2.64. The van der Waals surface area contributed by atoms with Gasteiger partial charge >= 0.3 is 0 Å². The zero-order valence-electron chi connectivity index (χ0n) is 11.0. The summed E-state index contributed by atoms with van der Waals surface area (Å²) in [6, 6.07) is 10.6. The van der Waals surface area contributed by atoms with E-state index < -0.39 is 0 Å². The largest absolute Gasteiger partial charge is 0.494 e. The second-order valence-electron chi connectivity index (χ2n) is 4.36. The van der Waals surface area contributed by atoms with Crippen molar-refractivity contribution in [3.63, 3.8) is 0 Å². The molecule has 0 saturated carbocycles. The fraction of sp³-hybridized carbons (Fsp3) is 0.0667. The minimum atomic E-state index is -0.388. The fourth-order valence-electron chi connectivity index (χ4n) is 2.17. The molecule has 0 unspecified atom stereocenters. The van der Waals surface area contributed by atoms with Crippen LogP contribution in [0, 0.1) is 0 Å². The topological polar surface area (TPSA) is 44.1 Å². The van der Waals surface area contributed by atoms with Crippen LogP contribution in [0.5, 0.6) is 5.75 Å². The summed E-state index contributed by atoms with van der Waals surface area (Å²) in [7, 11) is 1.44. The van der Waals surface area contributed by atoms with Crippen molar-refractivity contribution in [3.8, 4) is 5.75 Å². The maximum atomic E-state index is 12.8. The van der Waals surface area contributed by atoms with E-state index in [0.717, 1.165) is 5.39 Å². The van der Waals surface area contributed by atoms with Crippen LogP contribution < -0.4 is 4.74 Å². The van der Waals surface area contributed by atoms with Gasteiger partial charge in [-0.3, -0.25) is 4.79 Å². The molecule has 0 aliphatic carbocycles. The lowest BCUT2D eigenvalue weighted by Crippen LogP contribution is -2.15. The molecule has 0 aliphatic heterocycles. The van der Waals surface area contributed by atoms with E-state index >= 15 is 0 Å². The molecule has 0 bridgehead atoms. The number of ether oxygens (including phenoxy) is 1. The highest BCUT2D eigenvalue weighted by Crippen LogP contribution is 2.34. The maximum absolute atomic E-state index is 12.8. The molecule has 21 heavy (non-hydrogen) atoms. The number of methoxy groups -OCH3 is 1. The first kappa shape index (κ1) is 13.9. The van der Waals surface area contributed by atoms with Gasteiger partial charge in [-0.2, -0.15) is 9.78 Å². The van der Waals surface area contributed by atoms with Gasteiger partial charge in [-0.25, -0.2) is 0 Å². The minimum absolute atomic E-state index is 0.195. The van der Waals surface area contributed by atoms with Crippen LogP contribution in [0.3, 0.4) is 0 Å². The molecule has 1 heterocycles. The number of halogens is 2. The van der Waals surface area contributed by atoms with E-state index in [4.69, 9.17) is 27.9 Å². The smallest absolute Gasteiger partial charge is 0.284 e. The van der Waals surface area contributed by atoms with E-state index in [2.05, 4.69) is 5.10 Å². The average Bonchev–Trinajstić information content (AvgIpc) is 2.92. The molecule has 0 fully saturated rings. The van der Waals surface area contributed by atoms with Crippen molar-refractivity contribution in [2.24, 2.45) is 0 Å². The van der Waals surface area contributed by atoms with Gasteiger partial charge in [0.05, 0.1) is 28.9 Å². The number of carbonyl (C=O) groups is 1. The highest BCUT2D eigenvalue weighted by atomic mass is 35.5. The highest BCUT2D eigenvalue weighted by Gasteiger charge is 2.22. The zero-order chi connectivity index (χ0) is 15.0. The summed E-state index contributed by atoms with van der Waals surface area (Å²) < 4.78 is 6.50. The second kappa shape index (κ2) is 5.39. The predicted octanol–water partition coefficient (Wildman–Crippen LogP) is 4.04. The molecule has 4 nitrogen and oxygen atoms in total. The summed E-state index contributed by atoms with van der Waals surface area (Å²) in [4.78, 5) is 12.8. The van der Waals surface area contributed by atoms with Gasteiger partial charge in [0.2, 0.25) is 0 Å². The number of benzene rings is 2. The third-order valence-corrected chi connectivity index (χ3v) is 3.76. The summed E-state index contributed by atoms with van der Waals surface area (Å²) in [6.07, 6.45) is 1.62. The number of hydrogen-bond donors (Lipinski definition) is 0. The van der Waals surface area contributed by atoms with Gasteiger partial charge in [0.15, 0.2) is 5.75 Å². The van der Waals surface area contributed by atoms with Gasteiger partial charge in [0.1, 0.15) is 5.56 Å². The van der Waals surface area contributed by atoms with Crippen LogP contribution >= 0.6 is 23.2 Å². The predicted molar refractivity (Wildman–Crippen MR) is 82.5 cm³/mol. The number of rotatable bonds is 2. The van der Waals surface area contributed by atoms with Crippen LogP contribution in [-0.2, 0) is 0 Å². The molecule has 0 aliphatic rings. The number of para-hydroxylation sites is 1. The molecular weight excluding hydrogens is 311 g/mol. The number of fused-ring (bicyclic) bond motifs is 1. The van der Waals surface area contributed by atoms with Gasteiger partial charge in [0.25, 0.3) is 5.91 Å². The molecule has 0 spiro atoms. The third-order valence-electron chi connectivity index (χ3n) is 3.15. The average molecular weight is 321 g/mol. The van der Waals surface area contributed by atoms with Gasteiger partial charge < -0.3 is 4.74 Å². The number of carbonyl (C=O) groups excluding carboxylic acids is 1. The van der Waals surface area contributed by atoms with Gasteiger partial charge in [-0.05, 0) is 18.2 Å². The van der Waals surface area contributed by atoms with Crippen molar-refractivity contribution in [1.82, 2.24) is 9.78 Å². The normalized spacial score (nSPS) is 10.8. The van der Waals surface area contributed by atoms with Gasteiger partial charge in [-0.15, -0.1) is 0 Å². The summed E-state index contributed by atoms with van der Waals surface area (Å²) in [6.45, 7) is 0. The van der Waals surface area contributed by atoms with E-state index in [-0.39, 0.29) is 22.2 Å². The lowest BCUT2D eigenvalue weighted by Gasteiger charge is -2.11. The van der Waals surface area contributed by atoms with Crippen molar-refractivity contribution in [2.75, 3.05) is 7.11 Å². The van der Waals surface area contributed by atoms with E-state index in [0.29, 0.717) is 10.5 Å². The monoisotopic (exact) mass is 320 g/mol. The maximum Gasteiger partial charge on any atom is 0.284 e. The van der Waals surface area contributed by atoms with Crippen molar-refractivity contribution in [2.45, 2.75) is 0 Å². The second-order valence-corrected chi connectivity index (χ2v) is 5.17. The minimum Gasteiger partial charge on any atom is -0.494 e. The Hall–Kier alpha value is -2.04. The molecule has 2 aromatic carbocycles. The first-order chi connectivity index (χ1) is 10.1. The lowest BCUT2D eigenvalue weighted by atomic mass is 10.1. The van der Waals surface area contributed by atoms with Crippen LogP contribution in [0.4, 0.5) is 0 Å². The number of hydrogen-bond acceptors (Lipinski definition) is 3. The SMILES string of the molecule is COc1c(Cl)ccc(Cl)c1C(=O)n1ncc2ccccc21. The van der Waals surface area contributed by atoms with E-state index in [1.807, 2.05) is 24.3 Å². The molecule has 1 aromatic heterocycles. The Morgan fingerprint density at radius 3 is 2.62 bits per heavy atom. The number of nitrogens with zero attached hydrogens (tertiary/aromatic N) is 2. The first-order valence-corrected chi connectivity index (χ1v) is 6.88. The Kier molecular flexibility index (Phi) is 3.57. The van der Waals surface area contributed by atoms with Gasteiger partial charge in [0, 0.05) is 5.39 Å². The van der Waals surface area contributed by atoms with Crippen LogP contribution in [0.25, 0.3) is 10.9 Å². The summed E-state index contributed by atoms with van der Waals surface area (Å²) >= 11 is 12.2. The molecule has 6 heteroatoms. The van der Waals surface area contributed by atoms with Crippen LogP contribution in [-0.4, -0.2) is 22.8 Å². The molecule has 0 amide bonds. The standard InChI is InChI=1S/C15H10Cl2N2O2/c1-21-14-11(17)7-6-10(16)13(14)15(20)19-12-5-3-2-4-9(12)8-18-19/h2-8H,1H3. The molecule has 106 valence electrons. The Balaban J connectivity index is 2.22. The summed E-state index contributed by atoms with van der Waals surface area (Å²) in [5.41, 5.74) is 0.890. The highest BCUT2D eigenvalue weighted by molar-refractivity contribution is 6.37. The molecule has 0 radical (unpaired) electrons. The quantitative estimate of drug-likeness (QED) is 0.715. The molecule has 0 saturated heterocycles. The summed E-state index contributed by atoms with van der Waals surface area (Å²) in [5, 5.41) is 5.58. The lowest BCUT2D eigenvalue weighted by molar-refractivity contribution is 0.0947. The third kappa shape index (κ3) is 2.26. The van der Waals surface area contributed by atoms with Crippen LogP contribution in [0.15, 0.2) is 42.6 Å². The Morgan fingerprint density at radius 2 is 1.86 bits per heavy atom. The molecule has 0 atom stereocenters. The van der Waals surface area contributed by atoms with E-state index in [9.17, 15) is 4.79 Å². The molecule has 0 N–H and O–H groups in total. The molecule has 3 aromatic rings. The Labute approximate surface area is 130 Å². The Morgan fingerprint density at radius 1 is 1.14 bits per heavy atom. The van der Waals surface area contributed by atoms with Gasteiger partial charge in [-0.1, -0.05) is 41.4 Å². The van der Waals surface area contributed by atoms with Crippen molar-refractivity contribution < 1.29 is 9.53 Å². The van der Waals surface area contributed by atoms with Crippen LogP contribution in [0.1, 0.15) is 10.4 Å². The molecular formula is C15H10Cl2N2O2. The van der Waals surface area contributed by atoms with Crippen molar-refractivity contribution >= 4 is 40.0 Å². The Bertz CT molecular complexity index is 843. The van der Waals surface area contributed by atoms with Crippen molar-refractivity contribution in [1.29, 1.82) is 0 Å². The zero-order valence-corrected chi connectivity index (χ0v) is 12.5. The van der Waals surface area contributed by atoms with Crippen molar-refractivity contribution in [3.05, 3.63) is 58.2 Å².